The molecule has 1 aliphatic carbocycles. The molecule has 15 heavy (non-hydrogen) atoms. The number of hydrogen-bond donors (Lipinski definition) is 0. The van der Waals surface area contributed by atoms with Crippen molar-refractivity contribution in [2.45, 2.75) is 45.3 Å². The minimum atomic E-state index is -1.17. The van der Waals surface area contributed by atoms with Crippen LogP contribution in [-0.4, -0.2) is 8.07 Å². The Morgan fingerprint density at radius 2 is 1.60 bits per heavy atom. The third-order valence-electron chi connectivity index (χ3n) is 3.45. The average molecular weight is 342 g/mol. The Kier molecular flexibility index (Phi) is 10.7. The van der Waals surface area contributed by atoms with Gasteiger partial charge in [0.2, 0.25) is 0 Å². The van der Waals surface area contributed by atoms with Crippen LogP contribution < -0.4 is 24.8 Å². The van der Waals surface area contributed by atoms with Gasteiger partial charge in [0.15, 0.2) is 0 Å². The van der Waals surface area contributed by atoms with Crippen molar-refractivity contribution in [3.8, 4) is 0 Å². The van der Waals surface area contributed by atoms with Crippen molar-refractivity contribution >= 4 is 8.07 Å². The fourth-order valence-electron chi connectivity index (χ4n) is 1.39. The van der Waals surface area contributed by atoms with E-state index in [2.05, 4.69) is 52.1 Å². The van der Waals surface area contributed by atoms with E-state index in [0.29, 0.717) is 5.04 Å². The van der Waals surface area contributed by atoms with Crippen molar-refractivity contribution in [2.24, 2.45) is 0 Å². The molecule has 0 amide bonds. The molecule has 0 saturated carbocycles. The van der Waals surface area contributed by atoms with Crippen LogP contribution in [0.15, 0.2) is 23.4 Å². The fraction of sp³-hybridized carbons (Fsp3) is 0.636. The van der Waals surface area contributed by atoms with Crippen LogP contribution in [0.4, 0.5) is 0 Å². The van der Waals surface area contributed by atoms with E-state index in [9.17, 15) is 0 Å². The zero-order valence-corrected chi connectivity index (χ0v) is 15.2. The molecule has 1 aliphatic rings. The van der Waals surface area contributed by atoms with E-state index in [0.717, 1.165) is 0 Å². The first-order valence-corrected chi connectivity index (χ1v) is 7.72. The molecule has 0 heterocycles. The van der Waals surface area contributed by atoms with Crippen LogP contribution in [0.25, 0.3) is 0 Å². The van der Waals surface area contributed by atoms with E-state index in [4.69, 9.17) is 0 Å². The van der Waals surface area contributed by atoms with Crippen LogP contribution in [0.1, 0.15) is 27.2 Å². The largest absolute Gasteiger partial charge is 2.00 e. The summed E-state index contributed by atoms with van der Waals surface area (Å²) in [6.07, 6.45) is 8.01. The summed E-state index contributed by atoms with van der Waals surface area (Å²) in [6.45, 7) is 12.1. The summed E-state index contributed by atoms with van der Waals surface area (Å²) >= 11 is 0. The molecule has 0 unspecified atom stereocenters. The molecule has 0 aromatic carbocycles. The van der Waals surface area contributed by atoms with Crippen LogP contribution in [0.3, 0.4) is 0 Å². The molecule has 86 valence electrons. The Labute approximate surface area is 127 Å². The summed E-state index contributed by atoms with van der Waals surface area (Å²) in [5.41, 5.74) is 0. The van der Waals surface area contributed by atoms with Crippen LogP contribution in [0, 0.1) is 0 Å². The van der Waals surface area contributed by atoms with Gasteiger partial charge in [0, 0.05) is 0 Å². The summed E-state index contributed by atoms with van der Waals surface area (Å²) in [4.78, 5) is 0. The molecule has 0 saturated heterocycles. The summed E-state index contributed by atoms with van der Waals surface area (Å²) in [6, 6.07) is 0. The molecular formula is C11H20Cl2SiZr. The van der Waals surface area contributed by atoms with Gasteiger partial charge < -0.3 is 24.8 Å². The molecule has 0 aliphatic heterocycles. The Hall–Kier alpha value is 1.16. The van der Waals surface area contributed by atoms with Gasteiger partial charge in [0.25, 0.3) is 0 Å². The van der Waals surface area contributed by atoms with E-state index >= 15 is 0 Å². The van der Waals surface area contributed by atoms with E-state index in [1.807, 2.05) is 0 Å². The molecular weight excluding hydrogens is 322 g/mol. The van der Waals surface area contributed by atoms with Gasteiger partial charge in [-0.1, -0.05) is 57.3 Å². The van der Waals surface area contributed by atoms with Gasteiger partial charge in [-0.05, 0) is 11.5 Å². The zero-order valence-electron chi connectivity index (χ0n) is 10.2. The van der Waals surface area contributed by atoms with Crippen LogP contribution in [-0.2, 0) is 26.2 Å². The average Bonchev–Trinajstić information content (AvgIpc) is 2.34. The second-order valence-electron chi connectivity index (χ2n) is 5.20. The first-order valence-electron chi connectivity index (χ1n) is 4.72. The summed E-state index contributed by atoms with van der Waals surface area (Å²) in [5.74, 6) is 0. The Balaban J connectivity index is -0.000000480. The van der Waals surface area contributed by atoms with Crippen molar-refractivity contribution < 1.29 is 51.0 Å². The molecule has 0 nitrogen and oxygen atoms in total. The van der Waals surface area contributed by atoms with Crippen molar-refractivity contribution in [1.29, 1.82) is 0 Å². The normalized spacial score (nSPS) is 14.6. The van der Waals surface area contributed by atoms with Gasteiger partial charge in [0.1, 0.15) is 0 Å². The monoisotopic (exact) mass is 340 g/mol. The third kappa shape index (κ3) is 4.89. The zero-order chi connectivity index (χ0) is 9.41. The maximum atomic E-state index is 2.48. The Morgan fingerprint density at radius 3 is 1.87 bits per heavy atom. The maximum Gasteiger partial charge on any atom is 2.00 e. The van der Waals surface area contributed by atoms with Gasteiger partial charge in [-0.2, -0.15) is 0 Å². The summed E-state index contributed by atoms with van der Waals surface area (Å²) in [5, 5.41) is 2.19. The minimum Gasteiger partial charge on any atom is -1.00 e. The number of rotatable bonds is 1. The predicted octanol–water partition coefficient (Wildman–Crippen LogP) is -2.07. The van der Waals surface area contributed by atoms with Gasteiger partial charge >= 0.3 is 26.2 Å². The van der Waals surface area contributed by atoms with Gasteiger partial charge in [0.05, 0.1) is 8.07 Å². The SMILES string of the molecule is CC(C)(C)[Si](C)(C)C1=CC=CC1.[Cl-].[Cl-].[Zr+2]. The minimum absolute atomic E-state index is 0. The molecule has 4 heteroatoms. The number of halogens is 2. The first kappa shape index (κ1) is 21.4. The maximum absolute atomic E-state index is 2.48. The van der Waals surface area contributed by atoms with Crippen molar-refractivity contribution in [3.63, 3.8) is 0 Å². The van der Waals surface area contributed by atoms with E-state index in [-0.39, 0.29) is 51.0 Å². The smallest absolute Gasteiger partial charge is 1.00 e. The second kappa shape index (κ2) is 7.48. The number of allylic oxidation sites excluding steroid dienone is 4. The van der Waals surface area contributed by atoms with Crippen molar-refractivity contribution in [3.05, 3.63) is 23.4 Å². The van der Waals surface area contributed by atoms with E-state index < -0.39 is 8.07 Å². The molecule has 0 fully saturated rings. The predicted molar refractivity (Wildman–Crippen MR) is 59.0 cm³/mol. The molecule has 0 N–H and O–H groups in total. The van der Waals surface area contributed by atoms with E-state index in [1.54, 1.807) is 5.20 Å². The first-order chi connectivity index (χ1) is 5.36. The molecule has 1 rings (SSSR count). The molecule has 0 spiro atoms. The molecule has 0 atom stereocenters. The standard InChI is InChI=1S/C11H20Si.2ClH.Zr/c1-11(2,3)12(4,5)10-8-6-7-9-10;;;/h6-8H,9H2,1-5H3;2*1H;/q;;;+2/p-2. The Morgan fingerprint density at radius 1 is 1.13 bits per heavy atom. The molecule has 0 radical (unpaired) electrons. The molecule has 0 bridgehead atoms. The van der Waals surface area contributed by atoms with Gasteiger partial charge in [-0.25, -0.2) is 0 Å². The third-order valence-corrected chi connectivity index (χ3v) is 9.18. The van der Waals surface area contributed by atoms with Crippen molar-refractivity contribution in [2.75, 3.05) is 0 Å². The summed E-state index contributed by atoms with van der Waals surface area (Å²) in [7, 11) is -1.17. The topological polar surface area (TPSA) is 0 Å². The van der Waals surface area contributed by atoms with E-state index in [1.165, 1.54) is 6.42 Å². The van der Waals surface area contributed by atoms with Crippen LogP contribution in [0.5, 0.6) is 0 Å². The molecule has 0 aromatic heterocycles. The summed E-state index contributed by atoms with van der Waals surface area (Å²) < 4.78 is 0. The quantitative estimate of drug-likeness (QED) is 0.480. The van der Waals surface area contributed by atoms with Crippen molar-refractivity contribution in [1.82, 2.24) is 0 Å². The van der Waals surface area contributed by atoms with Crippen LogP contribution >= 0.6 is 0 Å². The fourth-order valence-corrected chi connectivity index (χ4v) is 3.50. The number of hydrogen-bond acceptors (Lipinski definition) is 0. The van der Waals surface area contributed by atoms with Crippen LogP contribution in [0.2, 0.25) is 18.1 Å². The van der Waals surface area contributed by atoms with Gasteiger partial charge in [-0.15, -0.1) is 0 Å². The Bertz CT molecular complexity index is 239. The van der Waals surface area contributed by atoms with Gasteiger partial charge in [-0.3, -0.25) is 0 Å². The second-order valence-corrected chi connectivity index (χ2v) is 10.6. The molecule has 0 aromatic rings.